The molecule has 1 aromatic rings. The summed E-state index contributed by atoms with van der Waals surface area (Å²) in [4.78, 5) is 25.9. The number of nitrogens with zero attached hydrogens (tertiary/aromatic N) is 1. The first-order valence-electron chi connectivity index (χ1n) is 7.59. The van der Waals surface area contributed by atoms with Crippen molar-refractivity contribution in [1.29, 1.82) is 0 Å². The van der Waals surface area contributed by atoms with Gasteiger partial charge < -0.3 is 16.0 Å². The van der Waals surface area contributed by atoms with E-state index in [1.54, 1.807) is 24.3 Å². The zero-order valence-corrected chi connectivity index (χ0v) is 12.0. The number of piperidine rings is 1. The molecular formula is C16H21N3O2. The number of nitrogens with one attached hydrogen (secondary N) is 1. The second-order valence-electron chi connectivity index (χ2n) is 5.99. The number of hydrogen-bond donors (Lipinski definition) is 2. The van der Waals surface area contributed by atoms with Gasteiger partial charge in [-0.3, -0.25) is 9.59 Å². The summed E-state index contributed by atoms with van der Waals surface area (Å²) in [5.41, 5.74) is 7.31. The number of benzene rings is 1. The number of likely N-dealkylation sites (tertiary alicyclic amines) is 1. The van der Waals surface area contributed by atoms with Crippen LogP contribution in [-0.2, 0) is 4.79 Å². The van der Waals surface area contributed by atoms with Crippen molar-refractivity contribution in [3.05, 3.63) is 29.8 Å². The number of rotatable bonds is 3. The van der Waals surface area contributed by atoms with Crippen LogP contribution in [0.25, 0.3) is 0 Å². The van der Waals surface area contributed by atoms with Gasteiger partial charge in [0.1, 0.15) is 0 Å². The van der Waals surface area contributed by atoms with Gasteiger partial charge in [0.05, 0.1) is 0 Å². The van der Waals surface area contributed by atoms with Gasteiger partial charge in [-0.15, -0.1) is 0 Å². The van der Waals surface area contributed by atoms with Gasteiger partial charge >= 0.3 is 0 Å². The number of carbonyl (C=O) groups is 2. The van der Waals surface area contributed by atoms with Crippen LogP contribution >= 0.6 is 0 Å². The first-order valence-corrected chi connectivity index (χ1v) is 7.59. The lowest BCUT2D eigenvalue weighted by molar-refractivity contribution is -0.117. The average molecular weight is 287 g/mol. The third-order valence-electron chi connectivity index (χ3n) is 4.09. The number of nitrogens with two attached hydrogens (primary N) is 1. The summed E-state index contributed by atoms with van der Waals surface area (Å²) in [5.74, 6) is 0.280. The number of carbonyl (C=O) groups excluding carboxylic acids is 2. The van der Waals surface area contributed by atoms with E-state index in [1.807, 2.05) is 4.90 Å². The van der Waals surface area contributed by atoms with E-state index in [2.05, 4.69) is 5.32 Å². The molecule has 0 spiro atoms. The molecular weight excluding hydrogens is 266 g/mol. The Morgan fingerprint density at radius 2 is 1.86 bits per heavy atom. The minimum absolute atomic E-state index is 0.0187. The van der Waals surface area contributed by atoms with Crippen molar-refractivity contribution in [2.75, 3.05) is 18.4 Å². The zero-order valence-electron chi connectivity index (χ0n) is 12.0. The molecule has 5 nitrogen and oxygen atoms in total. The van der Waals surface area contributed by atoms with Gasteiger partial charge in [-0.05, 0) is 49.9 Å². The van der Waals surface area contributed by atoms with Gasteiger partial charge in [0.25, 0.3) is 5.91 Å². The SMILES string of the molecule is NC1CCCN(C(=O)c2ccc(NC(=O)C3CC3)cc2)C1. The van der Waals surface area contributed by atoms with Gasteiger partial charge in [0.15, 0.2) is 0 Å². The monoisotopic (exact) mass is 287 g/mol. The van der Waals surface area contributed by atoms with E-state index in [1.165, 1.54) is 0 Å². The van der Waals surface area contributed by atoms with E-state index in [0.717, 1.165) is 37.9 Å². The molecule has 21 heavy (non-hydrogen) atoms. The van der Waals surface area contributed by atoms with E-state index in [-0.39, 0.29) is 23.8 Å². The van der Waals surface area contributed by atoms with Gasteiger partial charge in [-0.2, -0.15) is 0 Å². The minimum atomic E-state index is 0.0187. The van der Waals surface area contributed by atoms with Gasteiger partial charge in [0, 0.05) is 36.3 Å². The largest absolute Gasteiger partial charge is 0.337 e. The Labute approximate surface area is 124 Å². The molecule has 1 aromatic carbocycles. The Morgan fingerprint density at radius 3 is 2.48 bits per heavy atom. The predicted octanol–water partition coefficient (Wildman–Crippen LogP) is 1.60. The Kier molecular flexibility index (Phi) is 3.92. The van der Waals surface area contributed by atoms with Gasteiger partial charge in [-0.25, -0.2) is 0 Å². The highest BCUT2D eigenvalue weighted by Gasteiger charge is 2.29. The molecule has 1 saturated carbocycles. The van der Waals surface area contributed by atoms with E-state index in [9.17, 15) is 9.59 Å². The van der Waals surface area contributed by atoms with E-state index >= 15 is 0 Å². The Morgan fingerprint density at radius 1 is 1.14 bits per heavy atom. The van der Waals surface area contributed by atoms with Crippen LogP contribution in [0.1, 0.15) is 36.0 Å². The molecule has 1 heterocycles. The summed E-state index contributed by atoms with van der Waals surface area (Å²) in [6, 6.07) is 7.20. The molecule has 1 unspecified atom stereocenters. The summed E-state index contributed by atoms with van der Waals surface area (Å²) in [5, 5.41) is 2.87. The molecule has 5 heteroatoms. The Hall–Kier alpha value is -1.88. The van der Waals surface area contributed by atoms with Crippen molar-refractivity contribution >= 4 is 17.5 Å². The Balaban J connectivity index is 1.62. The summed E-state index contributed by atoms with van der Waals surface area (Å²) >= 11 is 0. The van der Waals surface area contributed by atoms with Crippen LogP contribution < -0.4 is 11.1 Å². The average Bonchev–Trinajstić information content (AvgIpc) is 3.32. The fraction of sp³-hybridized carbons (Fsp3) is 0.500. The molecule has 0 radical (unpaired) electrons. The second-order valence-corrected chi connectivity index (χ2v) is 5.99. The van der Waals surface area contributed by atoms with Crippen molar-refractivity contribution in [2.45, 2.75) is 31.7 Å². The highest BCUT2D eigenvalue weighted by atomic mass is 16.2. The van der Waals surface area contributed by atoms with Crippen molar-refractivity contribution in [2.24, 2.45) is 11.7 Å². The van der Waals surface area contributed by atoms with Crippen molar-refractivity contribution in [3.8, 4) is 0 Å². The van der Waals surface area contributed by atoms with Crippen LogP contribution in [-0.4, -0.2) is 35.8 Å². The standard InChI is InChI=1S/C16H21N3O2/c17-13-2-1-9-19(10-13)16(21)12-5-7-14(8-6-12)18-15(20)11-3-4-11/h5-8,11,13H,1-4,9-10,17H2,(H,18,20). The molecule has 1 aliphatic heterocycles. The first-order chi connectivity index (χ1) is 10.1. The maximum Gasteiger partial charge on any atom is 0.253 e. The minimum Gasteiger partial charge on any atom is -0.337 e. The van der Waals surface area contributed by atoms with Crippen LogP contribution in [0.15, 0.2) is 24.3 Å². The second kappa shape index (κ2) is 5.85. The van der Waals surface area contributed by atoms with Crippen LogP contribution in [0.3, 0.4) is 0 Å². The lowest BCUT2D eigenvalue weighted by Crippen LogP contribution is -2.45. The number of hydrogen-bond acceptors (Lipinski definition) is 3. The fourth-order valence-electron chi connectivity index (χ4n) is 2.66. The van der Waals surface area contributed by atoms with Crippen LogP contribution in [0.2, 0.25) is 0 Å². The van der Waals surface area contributed by atoms with Crippen LogP contribution in [0, 0.1) is 5.92 Å². The third kappa shape index (κ3) is 3.42. The van der Waals surface area contributed by atoms with Crippen LogP contribution in [0.4, 0.5) is 5.69 Å². The van der Waals surface area contributed by atoms with Crippen molar-refractivity contribution in [3.63, 3.8) is 0 Å². The summed E-state index contributed by atoms with van der Waals surface area (Å²) in [6.45, 7) is 1.39. The quantitative estimate of drug-likeness (QED) is 0.886. The highest BCUT2D eigenvalue weighted by Crippen LogP contribution is 2.30. The number of anilines is 1. The molecule has 1 atom stereocenters. The van der Waals surface area contributed by atoms with E-state index in [0.29, 0.717) is 12.1 Å². The first kappa shape index (κ1) is 14.1. The van der Waals surface area contributed by atoms with Gasteiger partial charge in [-0.1, -0.05) is 0 Å². The molecule has 2 fully saturated rings. The molecule has 2 amide bonds. The zero-order chi connectivity index (χ0) is 14.8. The lowest BCUT2D eigenvalue weighted by atomic mass is 10.1. The maximum atomic E-state index is 12.4. The van der Waals surface area contributed by atoms with Gasteiger partial charge in [0.2, 0.25) is 5.91 Å². The summed E-state index contributed by atoms with van der Waals surface area (Å²) in [7, 11) is 0. The molecule has 112 valence electrons. The smallest absolute Gasteiger partial charge is 0.253 e. The fourth-order valence-corrected chi connectivity index (χ4v) is 2.66. The third-order valence-corrected chi connectivity index (χ3v) is 4.09. The molecule has 0 bridgehead atoms. The topological polar surface area (TPSA) is 75.4 Å². The van der Waals surface area contributed by atoms with Crippen LogP contribution in [0.5, 0.6) is 0 Å². The molecule has 1 saturated heterocycles. The normalized spacial score (nSPS) is 22.0. The maximum absolute atomic E-state index is 12.4. The van der Waals surface area contributed by atoms with E-state index in [4.69, 9.17) is 5.73 Å². The number of amides is 2. The predicted molar refractivity (Wildman–Crippen MR) is 80.9 cm³/mol. The molecule has 2 aliphatic rings. The molecule has 3 rings (SSSR count). The molecule has 1 aliphatic carbocycles. The van der Waals surface area contributed by atoms with E-state index < -0.39 is 0 Å². The summed E-state index contributed by atoms with van der Waals surface area (Å²) < 4.78 is 0. The lowest BCUT2D eigenvalue weighted by Gasteiger charge is -2.30. The molecule has 0 aromatic heterocycles. The highest BCUT2D eigenvalue weighted by molar-refractivity contribution is 5.96. The summed E-state index contributed by atoms with van der Waals surface area (Å²) in [6.07, 6.45) is 3.91. The van der Waals surface area contributed by atoms with Crippen molar-refractivity contribution < 1.29 is 9.59 Å². The molecule has 3 N–H and O–H groups in total. The van der Waals surface area contributed by atoms with Crippen molar-refractivity contribution in [1.82, 2.24) is 4.90 Å². The Bertz CT molecular complexity index is 537.